The molecule has 34 heavy (non-hydrogen) atoms. The second-order valence-electron chi connectivity index (χ2n) is 7.85. The first-order valence-electron chi connectivity index (χ1n) is 11.2. The first kappa shape index (κ1) is 25.2. The lowest BCUT2D eigenvalue weighted by Gasteiger charge is -2.15. The molecule has 1 unspecified atom stereocenters. The Labute approximate surface area is 198 Å². The summed E-state index contributed by atoms with van der Waals surface area (Å²) in [5.74, 6) is -1.54. The number of hydrogen-bond acceptors (Lipinski definition) is 6. The van der Waals surface area contributed by atoms with E-state index in [1.165, 1.54) is 7.11 Å². The number of carbonyl (C=O) groups is 3. The highest BCUT2D eigenvalue weighted by molar-refractivity contribution is 5.83. The number of carbonyl (C=O) groups excluding carboxylic acids is 2. The Hall–Kier alpha value is -3.43. The van der Waals surface area contributed by atoms with E-state index < -0.39 is 24.0 Å². The molecule has 2 amide bonds. The minimum atomic E-state index is -1.11. The van der Waals surface area contributed by atoms with Gasteiger partial charge in [-0.3, -0.25) is 4.79 Å². The predicted molar refractivity (Wildman–Crippen MR) is 125 cm³/mol. The lowest BCUT2D eigenvalue weighted by Crippen LogP contribution is -2.41. The Balaban J connectivity index is 1.32. The Bertz CT molecular complexity index is 949. The molecule has 1 aliphatic rings. The van der Waals surface area contributed by atoms with E-state index in [1.807, 2.05) is 24.3 Å². The van der Waals surface area contributed by atoms with Crippen LogP contribution in [0.2, 0.25) is 0 Å². The normalized spacial score (nSPS) is 13.0. The molecule has 1 aliphatic carbocycles. The van der Waals surface area contributed by atoms with Crippen molar-refractivity contribution in [1.29, 1.82) is 0 Å². The van der Waals surface area contributed by atoms with Gasteiger partial charge in [0, 0.05) is 39.0 Å². The number of methoxy groups -OCH3 is 1. The van der Waals surface area contributed by atoms with Crippen molar-refractivity contribution < 1.29 is 33.7 Å². The molecule has 0 aromatic heterocycles. The van der Waals surface area contributed by atoms with Crippen molar-refractivity contribution in [1.82, 2.24) is 10.6 Å². The van der Waals surface area contributed by atoms with Gasteiger partial charge in [-0.05, 0) is 22.3 Å². The van der Waals surface area contributed by atoms with Gasteiger partial charge in [0.2, 0.25) is 5.91 Å². The van der Waals surface area contributed by atoms with Crippen LogP contribution >= 0.6 is 0 Å². The summed E-state index contributed by atoms with van der Waals surface area (Å²) < 4.78 is 15.6. The SMILES string of the molecule is COCCC(NC(=O)CCOCCNC(=O)OCC1c2ccccc2-c2ccccc21)C(=O)O. The van der Waals surface area contributed by atoms with Crippen LogP contribution in [0.4, 0.5) is 4.79 Å². The smallest absolute Gasteiger partial charge is 0.407 e. The van der Waals surface area contributed by atoms with Crippen LogP contribution in [-0.4, -0.2) is 69.2 Å². The fourth-order valence-corrected chi connectivity index (χ4v) is 3.90. The van der Waals surface area contributed by atoms with E-state index in [-0.39, 0.29) is 51.7 Å². The zero-order valence-corrected chi connectivity index (χ0v) is 19.1. The van der Waals surface area contributed by atoms with Crippen molar-refractivity contribution in [3.8, 4) is 11.1 Å². The zero-order chi connectivity index (χ0) is 24.3. The number of carboxylic acids is 1. The maximum Gasteiger partial charge on any atom is 0.407 e. The third kappa shape index (κ3) is 6.79. The average molecular weight is 471 g/mol. The van der Waals surface area contributed by atoms with Crippen molar-refractivity contribution in [3.05, 3.63) is 59.7 Å². The Kier molecular flexibility index (Phi) is 9.42. The van der Waals surface area contributed by atoms with Crippen LogP contribution < -0.4 is 10.6 Å². The summed E-state index contributed by atoms with van der Waals surface area (Å²) in [4.78, 5) is 35.1. The van der Waals surface area contributed by atoms with Crippen LogP contribution in [0.25, 0.3) is 11.1 Å². The van der Waals surface area contributed by atoms with Crippen molar-refractivity contribution in [3.63, 3.8) is 0 Å². The standard InChI is InChI=1S/C25H30N2O7/c1-32-13-10-22(24(29)30)27-23(28)11-14-33-15-12-26-25(31)34-16-21-19-8-4-2-6-17(19)18-7-3-5-9-20(18)21/h2-9,21-22H,10-16H2,1H3,(H,26,31)(H,27,28)(H,29,30). The van der Waals surface area contributed by atoms with Gasteiger partial charge in [0.1, 0.15) is 12.6 Å². The van der Waals surface area contributed by atoms with Gasteiger partial charge in [-0.15, -0.1) is 0 Å². The van der Waals surface area contributed by atoms with Crippen LogP contribution in [0.5, 0.6) is 0 Å². The summed E-state index contributed by atoms with van der Waals surface area (Å²) in [5.41, 5.74) is 4.62. The molecule has 0 heterocycles. The quantitative estimate of drug-likeness (QED) is 0.385. The number of amides is 2. The van der Waals surface area contributed by atoms with E-state index in [4.69, 9.17) is 19.3 Å². The highest BCUT2D eigenvalue weighted by atomic mass is 16.5. The molecule has 0 saturated carbocycles. The van der Waals surface area contributed by atoms with E-state index in [1.54, 1.807) is 0 Å². The van der Waals surface area contributed by atoms with Gasteiger partial charge >= 0.3 is 12.1 Å². The maximum absolute atomic E-state index is 12.1. The molecule has 0 bridgehead atoms. The van der Waals surface area contributed by atoms with Gasteiger partial charge in [-0.1, -0.05) is 48.5 Å². The number of benzene rings is 2. The van der Waals surface area contributed by atoms with Gasteiger partial charge in [0.25, 0.3) is 0 Å². The summed E-state index contributed by atoms with van der Waals surface area (Å²) in [6.07, 6.45) is -0.338. The molecular weight excluding hydrogens is 440 g/mol. The third-order valence-corrected chi connectivity index (χ3v) is 5.58. The van der Waals surface area contributed by atoms with Gasteiger partial charge in [0.15, 0.2) is 0 Å². The summed E-state index contributed by atoms with van der Waals surface area (Å²) in [7, 11) is 1.46. The average Bonchev–Trinajstić information content (AvgIpc) is 3.16. The highest BCUT2D eigenvalue weighted by Gasteiger charge is 2.29. The molecule has 0 saturated heterocycles. The molecule has 0 aliphatic heterocycles. The Morgan fingerprint density at radius 2 is 1.62 bits per heavy atom. The Morgan fingerprint density at radius 3 is 2.24 bits per heavy atom. The zero-order valence-electron chi connectivity index (χ0n) is 19.1. The molecule has 182 valence electrons. The lowest BCUT2D eigenvalue weighted by molar-refractivity contribution is -0.142. The largest absolute Gasteiger partial charge is 0.480 e. The minimum Gasteiger partial charge on any atom is -0.480 e. The first-order chi connectivity index (χ1) is 16.5. The van der Waals surface area contributed by atoms with Crippen molar-refractivity contribution >= 4 is 18.0 Å². The number of hydrogen-bond donors (Lipinski definition) is 3. The molecule has 0 spiro atoms. The summed E-state index contributed by atoms with van der Waals surface area (Å²) in [6.45, 7) is 0.992. The van der Waals surface area contributed by atoms with Gasteiger partial charge in [-0.25, -0.2) is 9.59 Å². The molecule has 1 atom stereocenters. The second kappa shape index (κ2) is 12.7. The van der Waals surface area contributed by atoms with Crippen LogP contribution in [0.15, 0.2) is 48.5 Å². The third-order valence-electron chi connectivity index (χ3n) is 5.58. The summed E-state index contributed by atoms with van der Waals surface area (Å²) in [6, 6.07) is 15.2. The van der Waals surface area contributed by atoms with Crippen LogP contribution in [-0.2, 0) is 23.8 Å². The molecule has 3 N–H and O–H groups in total. The van der Waals surface area contributed by atoms with Gasteiger partial charge in [-0.2, -0.15) is 0 Å². The first-order valence-corrected chi connectivity index (χ1v) is 11.2. The van der Waals surface area contributed by atoms with Crippen molar-refractivity contribution in [2.45, 2.75) is 24.8 Å². The second-order valence-corrected chi connectivity index (χ2v) is 7.85. The fraction of sp³-hybridized carbons (Fsp3) is 0.400. The van der Waals surface area contributed by atoms with Crippen LogP contribution in [0, 0.1) is 0 Å². The van der Waals surface area contributed by atoms with E-state index >= 15 is 0 Å². The molecular formula is C25H30N2O7. The highest BCUT2D eigenvalue weighted by Crippen LogP contribution is 2.44. The van der Waals surface area contributed by atoms with E-state index in [0.717, 1.165) is 22.3 Å². The molecule has 3 rings (SSSR count). The monoisotopic (exact) mass is 470 g/mol. The van der Waals surface area contributed by atoms with E-state index in [2.05, 4.69) is 34.9 Å². The fourth-order valence-electron chi connectivity index (χ4n) is 3.90. The molecule has 2 aromatic rings. The lowest BCUT2D eigenvalue weighted by atomic mass is 9.98. The number of nitrogens with one attached hydrogen (secondary N) is 2. The minimum absolute atomic E-state index is 0.00794. The van der Waals surface area contributed by atoms with Crippen LogP contribution in [0.1, 0.15) is 29.9 Å². The summed E-state index contributed by atoms with van der Waals surface area (Å²) in [5, 5.41) is 14.2. The van der Waals surface area contributed by atoms with Crippen LogP contribution in [0.3, 0.4) is 0 Å². The molecule has 0 fully saturated rings. The van der Waals surface area contributed by atoms with Gasteiger partial charge in [0.05, 0.1) is 13.2 Å². The van der Waals surface area contributed by atoms with Crippen molar-refractivity contribution in [2.75, 3.05) is 40.1 Å². The summed E-state index contributed by atoms with van der Waals surface area (Å²) >= 11 is 0. The number of ether oxygens (including phenoxy) is 3. The molecule has 9 heteroatoms. The maximum atomic E-state index is 12.1. The topological polar surface area (TPSA) is 123 Å². The molecule has 0 radical (unpaired) electrons. The van der Waals surface area contributed by atoms with Crippen molar-refractivity contribution in [2.24, 2.45) is 0 Å². The number of aliphatic carboxylic acids is 1. The number of rotatable bonds is 13. The molecule has 9 nitrogen and oxygen atoms in total. The molecule has 2 aromatic carbocycles. The predicted octanol–water partition coefficient (Wildman–Crippen LogP) is 2.54. The van der Waals surface area contributed by atoms with E-state index in [0.29, 0.717) is 0 Å². The van der Waals surface area contributed by atoms with E-state index in [9.17, 15) is 14.4 Å². The number of fused-ring (bicyclic) bond motifs is 3. The number of alkyl carbamates (subject to hydrolysis) is 1. The van der Waals surface area contributed by atoms with Gasteiger partial charge < -0.3 is 30.0 Å². The Morgan fingerprint density at radius 1 is 0.971 bits per heavy atom. The number of carboxylic acid groups (broad SMARTS) is 1.